The van der Waals surface area contributed by atoms with Gasteiger partial charge < -0.3 is 15.4 Å². The Kier molecular flexibility index (Phi) is 8.67. The predicted molar refractivity (Wildman–Crippen MR) is 84.4 cm³/mol. The molecule has 19 heavy (non-hydrogen) atoms. The molecule has 1 saturated heterocycles. The van der Waals surface area contributed by atoms with Gasteiger partial charge in [0.25, 0.3) is 0 Å². The third kappa shape index (κ3) is 7.28. The molecule has 0 atom stereocenters. The highest BCUT2D eigenvalue weighted by atomic mass is 16.5. The fourth-order valence-electron chi connectivity index (χ4n) is 2.66. The van der Waals surface area contributed by atoms with Crippen molar-refractivity contribution in [2.75, 3.05) is 32.8 Å². The van der Waals surface area contributed by atoms with E-state index >= 15 is 0 Å². The van der Waals surface area contributed by atoms with Gasteiger partial charge in [-0.15, -0.1) is 0 Å². The molecule has 1 aliphatic carbocycles. The van der Waals surface area contributed by atoms with Gasteiger partial charge in [0, 0.05) is 14.6 Å². The van der Waals surface area contributed by atoms with Crippen LogP contribution in [0.1, 0.15) is 54.3 Å². The van der Waals surface area contributed by atoms with E-state index in [1.165, 1.54) is 51.7 Å². The predicted octanol–water partition coefficient (Wildman–Crippen LogP) is 3.13. The lowest BCUT2D eigenvalue weighted by Crippen LogP contribution is -2.38. The number of likely N-dealkylation sites (tertiary alicyclic amines) is 1. The minimum absolute atomic E-state index is 0. The Morgan fingerprint density at radius 2 is 1.79 bits per heavy atom. The maximum atomic E-state index is 5.92. The summed E-state index contributed by atoms with van der Waals surface area (Å²) in [6, 6.07) is 0. The van der Waals surface area contributed by atoms with Crippen LogP contribution in [-0.4, -0.2) is 43.8 Å². The maximum Gasteiger partial charge on any atom is 0.0575 e. The molecule has 1 aliphatic heterocycles. The highest BCUT2D eigenvalue weighted by Gasteiger charge is 2.23. The number of nitrogens with two attached hydrogens (primary N) is 1. The molecule has 1 saturated carbocycles. The first-order chi connectivity index (χ1) is 9.15. The molecule has 3 heteroatoms. The van der Waals surface area contributed by atoms with E-state index in [4.69, 9.17) is 10.5 Å². The van der Waals surface area contributed by atoms with Crippen LogP contribution in [-0.2, 0) is 4.74 Å². The average Bonchev–Trinajstić information content (AvgIpc) is 2.29. The standard InChI is InChI=1S/C14H27NO.C2H7N.H2/c1-12(2)10-15-8-6-13(7-9-15)11-16-14-4-3-5-14;1-2-3;/h12-14H,3-11H2,1-2H3;2-3H2,1H3;1H. The van der Waals surface area contributed by atoms with Gasteiger partial charge in [-0.2, -0.15) is 0 Å². The van der Waals surface area contributed by atoms with Crippen molar-refractivity contribution in [3.8, 4) is 0 Å². The van der Waals surface area contributed by atoms with Gasteiger partial charge in [-0.25, -0.2) is 0 Å². The highest BCUT2D eigenvalue weighted by Crippen LogP contribution is 2.25. The minimum atomic E-state index is 0. The zero-order chi connectivity index (χ0) is 14.1. The SMILES string of the molecule is CC(C)CN1CCC(COC2CCC2)CC1.CCN.[HH]. The molecule has 0 spiro atoms. The van der Waals surface area contributed by atoms with Crippen molar-refractivity contribution in [3.63, 3.8) is 0 Å². The van der Waals surface area contributed by atoms with E-state index in [1.54, 1.807) is 0 Å². The van der Waals surface area contributed by atoms with Gasteiger partial charge in [0.1, 0.15) is 0 Å². The van der Waals surface area contributed by atoms with E-state index in [2.05, 4.69) is 18.7 Å². The Hall–Kier alpha value is -0.120. The van der Waals surface area contributed by atoms with Crippen LogP contribution in [0.15, 0.2) is 0 Å². The largest absolute Gasteiger partial charge is 0.378 e. The van der Waals surface area contributed by atoms with Crippen molar-refractivity contribution in [2.45, 2.75) is 59.0 Å². The summed E-state index contributed by atoms with van der Waals surface area (Å²) in [5, 5.41) is 0. The van der Waals surface area contributed by atoms with E-state index in [9.17, 15) is 0 Å². The molecule has 2 rings (SSSR count). The lowest BCUT2D eigenvalue weighted by atomic mass is 9.94. The van der Waals surface area contributed by atoms with Gasteiger partial charge in [-0.1, -0.05) is 20.8 Å². The molecule has 2 fully saturated rings. The second-order valence-electron chi connectivity index (χ2n) is 6.43. The molecule has 3 nitrogen and oxygen atoms in total. The molecule has 0 bridgehead atoms. The van der Waals surface area contributed by atoms with Crippen molar-refractivity contribution in [2.24, 2.45) is 17.6 Å². The van der Waals surface area contributed by atoms with Gasteiger partial charge in [-0.05, 0) is 63.6 Å². The summed E-state index contributed by atoms with van der Waals surface area (Å²) < 4.78 is 5.92. The first-order valence-corrected chi connectivity index (χ1v) is 8.19. The van der Waals surface area contributed by atoms with E-state index in [-0.39, 0.29) is 1.43 Å². The van der Waals surface area contributed by atoms with E-state index in [0.29, 0.717) is 6.10 Å². The molecule has 2 N–H and O–H groups in total. The second-order valence-corrected chi connectivity index (χ2v) is 6.43. The van der Waals surface area contributed by atoms with E-state index in [0.717, 1.165) is 25.0 Å². The van der Waals surface area contributed by atoms with Gasteiger partial charge in [-0.3, -0.25) is 0 Å². The molecule has 116 valence electrons. The smallest absolute Gasteiger partial charge is 0.0575 e. The van der Waals surface area contributed by atoms with Crippen LogP contribution in [0.25, 0.3) is 0 Å². The number of hydrogen-bond donors (Lipinski definition) is 1. The second kappa shape index (κ2) is 9.73. The molecule has 0 amide bonds. The normalized spacial score (nSPS) is 21.9. The van der Waals surface area contributed by atoms with Gasteiger partial charge >= 0.3 is 0 Å². The van der Waals surface area contributed by atoms with E-state index in [1.807, 2.05) is 6.92 Å². The number of nitrogens with zero attached hydrogens (tertiary/aromatic N) is 1. The summed E-state index contributed by atoms with van der Waals surface area (Å²) in [4.78, 5) is 2.62. The van der Waals surface area contributed by atoms with E-state index < -0.39 is 0 Å². The van der Waals surface area contributed by atoms with Crippen LogP contribution in [0.3, 0.4) is 0 Å². The first kappa shape index (κ1) is 16.9. The van der Waals surface area contributed by atoms with Crippen LogP contribution in [0.4, 0.5) is 0 Å². The third-order valence-electron chi connectivity index (χ3n) is 3.95. The topological polar surface area (TPSA) is 38.5 Å². The number of ether oxygens (including phenoxy) is 1. The molecule has 0 aromatic rings. The Morgan fingerprint density at radius 1 is 1.21 bits per heavy atom. The zero-order valence-electron chi connectivity index (χ0n) is 13.2. The summed E-state index contributed by atoms with van der Waals surface area (Å²) in [5.74, 6) is 1.65. The van der Waals surface area contributed by atoms with Crippen LogP contribution in [0, 0.1) is 11.8 Å². The summed E-state index contributed by atoms with van der Waals surface area (Å²) in [6.45, 7) is 12.2. The molecule has 0 aromatic heterocycles. The summed E-state index contributed by atoms with van der Waals surface area (Å²) >= 11 is 0. The van der Waals surface area contributed by atoms with Crippen molar-refractivity contribution >= 4 is 0 Å². The number of piperidine rings is 1. The molecular formula is C16H36N2O. The maximum absolute atomic E-state index is 5.92. The monoisotopic (exact) mass is 272 g/mol. The van der Waals surface area contributed by atoms with Gasteiger partial charge in [0.05, 0.1) is 6.10 Å². The lowest BCUT2D eigenvalue weighted by molar-refractivity contribution is -0.0263. The Labute approximate surface area is 121 Å². The Bertz CT molecular complexity index is 215. The number of hydrogen-bond acceptors (Lipinski definition) is 3. The number of rotatable bonds is 5. The van der Waals surface area contributed by atoms with Crippen molar-refractivity contribution in [3.05, 3.63) is 0 Å². The van der Waals surface area contributed by atoms with Gasteiger partial charge in [0.2, 0.25) is 0 Å². The minimum Gasteiger partial charge on any atom is -0.378 e. The first-order valence-electron chi connectivity index (χ1n) is 8.19. The quantitative estimate of drug-likeness (QED) is 0.835. The van der Waals surface area contributed by atoms with Crippen molar-refractivity contribution < 1.29 is 6.16 Å². The molecule has 0 unspecified atom stereocenters. The molecule has 0 radical (unpaired) electrons. The molecule has 0 aromatic carbocycles. The van der Waals surface area contributed by atoms with Crippen LogP contribution < -0.4 is 5.73 Å². The Morgan fingerprint density at radius 3 is 2.21 bits per heavy atom. The van der Waals surface area contributed by atoms with Crippen molar-refractivity contribution in [1.29, 1.82) is 0 Å². The molecule has 2 aliphatic rings. The summed E-state index contributed by atoms with van der Waals surface area (Å²) in [7, 11) is 0. The Balaban J connectivity index is 0.000000830. The van der Waals surface area contributed by atoms with Crippen LogP contribution in [0.2, 0.25) is 0 Å². The fourth-order valence-corrected chi connectivity index (χ4v) is 2.66. The molecular weight excluding hydrogens is 236 g/mol. The van der Waals surface area contributed by atoms with Crippen LogP contribution >= 0.6 is 0 Å². The lowest BCUT2D eigenvalue weighted by Gasteiger charge is -2.34. The van der Waals surface area contributed by atoms with Gasteiger partial charge in [0.15, 0.2) is 0 Å². The molecule has 1 heterocycles. The average molecular weight is 272 g/mol. The van der Waals surface area contributed by atoms with Crippen LogP contribution in [0.5, 0.6) is 0 Å². The zero-order valence-corrected chi connectivity index (χ0v) is 13.2. The summed E-state index contributed by atoms with van der Waals surface area (Å²) in [5.41, 5.74) is 4.85. The third-order valence-corrected chi connectivity index (χ3v) is 3.95. The fraction of sp³-hybridized carbons (Fsp3) is 1.00. The van der Waals surface area contributed by atoms with Crippen molar-refractivity contribution in [1.82, 2.24) is 4.90 Å². The summed E-state index contributed by atoms with van der Waals surface area (Å²) in [6.07, 6.45) is 7.32. The highest BCUT2D eigenvalue weighted by molar-refractivity contribution is 4.75.